The molecule has 0 fully saturated rings. The topological polar surface area (TPSA) is 66.4 Å². The van der Waals surface area contributed by atoms with Gasteiger partial charge in [0.15, 0.2) is 5.82 Å². The standard InChI is InChI=1S/C12H8BrF2NO3S/c13-10-5-7(14)6-11(15)12(10)16-20(18,19)9-3-1-8(17)2-4-9/h1-6,16-17H. The van der Waals surface area contributed by atoms with Crippen LogP contribution in [0.25, 0.3) is 0 Å². The Morgan fingerprint density at radius 3 is 2.25 bits per heavy atom. The first-order valence-electron chi connectivity index (χ1n) is 5.26. The maximum Gasteiger partial charge on any atom is 0.262 e. The molecule has 2 aromatic carbocycles. The fourth-order valence-electron chi connectivity index (χ4n) is 1.46. The first-order chi connectivity index (χ1) is 9.29. The van der Waals surface area contributed by atoms with Crippen LogP contribution in [0.4, 0.5) is 14.5 Å². The lowest BCUT2D eigenvalue weighted by Crippen LogP contribution is -2.14. The normalized spacial score (nSPS) is 11.3. The van der Waals surface area contributed by atoms with Crippen LogP contribution in [0.15, 0.2) is 45.8 Å². The summed E-state index contributed by atoms with van der Waals surface area (Å²) in [6.45, 7) is 0. The summed E-state index contributed by atoms with van der Waals surface area (Å²) in [7, 11) is -4.04. The molecule has 0 saturated carbocycles. The third kappa shape index (κ3) is 3.07. The molecule has 106 valence electrons. The SMILES string of the molecule is O=S(=O)(Nc1c(F)cc(F)cc1Br)c1ccc(O)cc1. The predicted molar refractivity (Wildman–Crippen MR) is 73.0 cm³/mol. The van der Waals surface area contributed by atoms with Crippen LogP contribution in [-0.2, 0) is 10.0 Å². The van der Waals surface area contributed by atoms with Crippen molar-refractivity contribution in [2.45, 2.75) is 4.90 Å². The number of aromatic hydroxyl groups is 1. The van der Waals surface area contributed by atoms with Gasteiger partial charge in [0.05, 0.1) is 10.6 Å². The minimum absolute atomic E-state index is 0.0580. The molecule has 4 nitrogen and oxygen atoms in total. The van der Waals surface area contributed by atoms with E-state index in [1.165, 1.54) is 12.1 Å². The number of benzene rings is 2. The summed E-state index contributed by atoms with van der Waals surface area (Å²) in [5, 5.41) is 9.11. The smallest absolute Gasteiger partial charge is 0.262 e. The van der Waals surface area contributed by atoms with Crippen LogP contribution in [0.2, 0.25) is 0 Å². The summed E-state index contributed by atoms with van der Waals surface area (Å²) >= 11 is 2.89. The first kappa shape index (κ1) is 14.7. The van der Waals surface area contributed by atoms with E-state index in [2.05, 4.69) is 15.9 Å². The molecule has 2 aromatic rings. The average Bonchev–Trinajstić information content (AvgIpc) is 2.34. The van der Waals surface area contributed by atoms with E-state index in [1.54, 1.807) is 0 Å². The molecule has 0 spiro atoms. The van der Waals surface area contributed by atoms with Crippen molar-refractivity contribution in [3.63, 3.8) is 0 Å². The summed E-state index contributed by atoms with van der Waals surface area (Å²) in [6.07, 6.45) is 0. The highest BCUT2D eigenvalue weighted by atomic mass is 79.9. The number of anilines is 1. The van der Waals surface area contributed by atoms with Crippen molar-refractivity contribution in [2.75, 3.05) is 4.72 Å². The van der Waals surface area contributed by atoms with Crippen LogP contribution in [-0.4, -0.2) is 13.5 Å². The summed E-state index contributed by atoms with van der Waals surface area (Å²) in [5.41, 5.74) is -0.389. The van der Waals surface area contributed by atoms with E-state index in [9.17, 15) is 17.2 Å². The van der Waals surface area contributed by atoms with Gasteiger partial charge in [0.25, 0.3) is 10.0 Å². The number of halogens is 3. The van der Waals surface area contributed by atoms with Crippen molar-refractivity contribution in [3.05, 3.63) is 52.5 Å². The summed E-state index contributed by atoms with van der Waals surface area (Å²) in [5.74, 6) is -1.97. The molecule has 0 aliphatic carbocycles. The van der Waals surface area contributed by atoms with Gasteiger partial charge in [-0.05, 0) is 46.3 Å². The van der Waals surface area contributed by atoms with E-state index in [0.717, 1.165) is 18.2 Å². The average molecular weight is 364 g/mol. The maximum absolute atomic E-state index is 13.6. The summed E-state index contributed by atoms with van der Waals surface area (Å²) in [6, 6.07) is 6.20. The second kappa shape index (κ2) is 5.37. The molecule has 0 atom stereocenters. The van der Waals surface area contributed by atoms with Gasteiger partial charge in [0.2, 0.25) is 0 Å². The Kier molecular flexibility index (Phi) is 3.96. The molecular weight excluding hydrogens is 356 g/mol. The Hall–Kier alpha value is -1.67. The van der Waals surface area contributed by atoms with Crippen molar-refractivity contribution in [1.29, 1.82) is 0 Å². The van der Waals surface area contributed by atoms with Crippen LogP contribution in [0, 0.1) is 11.6 Å². The molecule has 0 aromatic heterocycles. The maximum atomic E-state index is 13.6. The van der Waals surface area contributed by atoms with Crippen molar-refractivity contribution in [2.24, 2.45) is 0 Å². The van der Waals surface area contributed by atoms with Crippen molar-refractivity contribution in [3.8, 4) is 5.75 Å². The van der Waals surface area contributed by atoms with Gasteiger partial charge in [-0.2, -0.15) is 0 Å². The molecular formula is C12H8BrF2NO3S. The largest absolute Gasteiger partial charge is 0.508 e. The molecule has 0 saturated heterocycles. The van der Waals surface area contributed by atoms with Gasteiger partial charge in [-0.15, -0.1) is 0 Å². The molecule has 20 heavy (non-hydrogen) atoms. The number of nitrogens with one attached hydrogen (secondary N) is 1. The molecule has 0 aliphatic rings. The Bertz CT molecular complexity index is 725. The molecule has 0 bridgehead atoms. The highest BCUT2D eigenvalue weighted by Crippen LogP contribution is 2.29. The minimum atomic E-state index is -4.04. The first-order valence-corrected chi connectivity index (χ1v) is 7.53. The van der Waals surface area contributed by atoms with Crippen LogP contribution in [0.1, 0.15) is 0 Å². The Balaban J connectivity index is 2.41. The second-order valence-corrected chi connectivity index (χ2v) is 6.38. The molecule has 2 rings (SSSR count). The molecule has 0 aliphatic heterocycles. The van der Waals surface area contributed by atoms with E-state index in [0.29, 0.717) is 6.07 Å². The lowest BCUT2D eigenvalue weighted by molar-refractivity contribution is 0.475. The van der Waals surface area contributed by atoms with E-state index in [-0.39, 0.29) is 20.8 Å². The predicted octanol–water partition coefficient (Wildman–Crippen LogP) is 3.23. The molecule has 0 heterocycles. The van der Waals surface area contributed by atoms with Gasteiger partial charge in [-0.25, -0.2) is 17.2 Å². The number of rotatable bonds is 3. The molecule has 0 radical (unpaired) electrons. The molecule has 0 unspecified atom stereocenters. The van der Waals surface area contributed by atoms with Crippen molar-refractivity contribution in [1.82, 2.24) is 0 Å². The van der Waals surface area contributed by atoms with Crippen LogP contribution < -0.4 is 4.72 Å². The van der Waals surface area contributed by atoms with E-state index in [1.807, 2.05) is 4.72 Å². The lowest BCUT2D eigenvalue weighted by atomic mass is 10.3. The van der Waals surface area contributed by atoms with Gasteiger partial charge in [-0.3, -0.25) is 4.72 Å². The van der Waals surface area contributed by atoms with Gasteiger partial charge >= 0.3 is 0 Å². The fourth-order valence-corrected chi connectivity index (χ4v) is 3.19. The zero-order chi connectivity index (χ0) is 14.9. The summed E-state index contributed by atoms with van der Waals surface area (Å²) < 4.78 is 52.5. The van der Waals surface area contributed by atoms with E-state index >= 15 is 0 Å². The van der Waals surface area contributed by atoms with Gasteiger partial charge < -0.3 is 5.11 Å². The van der Waals surface area contributed by atoms with Crippen molar-refractivity contribution >= 4 is 31.6 Å². The van der Waals surface area contributed by atoms with E-state index < -0.39 is 21.7 Å². The Morgan fingerprint density at radius 1 is 1.10 bits per heavy atom. The molecule has 2 N–H and O–H groups in total. The Morgan fingerprint density at radius 2 is 1.70 bits per heavy atom. The van der Waals surface area contributed by atoms with Crippen LogP contribution in [0.3, 0.4) is 0 Å². The highest BCUT2D eigenvalue weighted by molar-refractivity contribution is 9.10. The lowest BCUT2D eigenvalue weighted by Gasteiger charge is -2.11. The third-order valence-corrected chi connectivity index (χ3v) is 4.38. The van der Waals surface area contributed by atoms with Crippen molar-refractivity contribution < 1.29 is 22.3 Å². The van der Waals surface area contributed by atoms with Gasteiger partial charge in [0, 0.05) is 10.5 Å². The molecule has 8 heteroatoms. The number of sulfonamides is 1. The van der Waals surface area contributed by atoms with Gasteiger partial charge in [0.1, 0.15) is 11.6 Å². The fraction of sp³-hybridized carbons (Fsp3) is 0. The van der Waals surface area contributed by atoms with Crippen LogP contribution >= 0.6 is 15.9 Å². The van der Waals surface area contributed by atoms with E-state index in [4.69, 9.17) is 5.11 Å². The highest BCUT2D eigenvalue weighted by Gasteiger charge is 2.19. The monoisotopic (exact) mass is 363 g/mol. The minimum Gasteiger partial charge on any atom is -0.508 e. The quantitative estimate of drug-likeness (QED) is 0.879. The zero-order valence-electron chi connectivity index (χ0n) is 9.77. The van der Waals surface area contributed by atoms with Crippen LogP contribution in [0.5, 0.6) is 5.75 Å². The number of hydrogen-bond donors (Lipinski definition) is 2. The number of phenols is 1. The third-order valence-electron chi connectivity index (χ3n) is 2.39. The number of hydrogen-bond acceptors (Lipinski definition) is 3. The molecule has 0 amide bonds. The number of phenolic OH excluding ortho intramolecular Hbond substituents is 1. The Labute approximate surface area is 122 Å². The van der Waals surface area contributed by atoms with Gasteiger partial charge in [-0.1, -0.05) is 0 Å². The zero-order valence-corrected chi connectivity index (χ0v) is 12.2. The second-order valence-electron chi connectivity index (χ2n) is 3.84. The summed E-state index contributed by atoms with van der Waals surface area (Å²) in [4.78, 5) is -0.161.